The van der Waals surface area contributed by atoms with Crippen LogP contribution in [0.25, 0.3) is 22.3 Å². The Kier molecular flexibility index (Phi) is 6.18. The van der Waals surface area contributed by atoms with Crippen LogP contribution < -0.4 is 4.90 Å². The molecule has 0 aliphatic carbocycles. The molecular weight excluding hydrogens is 442 g/mol. The lowest BCUT2D eigenvalue weighted by Crippen LogP contribution is -2.33. The zero-order chi connectivity index (χ0) is 23.5. The first kappa shape index (κ1) is 22.0. The molecule has 0 spiro atoms. The normalized spacial score (nSPS) is 11.3. The van der Waals surface area contributed by atoms with Crippen molar-refractivity contribution in [2.24, 2.45) is 0 Å². The predicted octanol–water partition coefficient (Wildman–Crippen LogP) is 6.03. The van der Waals surface area contributed by atoms with E-state index in [1.807, 2.05) is 64.7 Å². The maximum absolute atomic E-state index is 13.7. The number of thiazole rings is 1. The molecule has 5 aromatic rings. The second kappa shape index (κ2) is 9.57. The van der Waals surface area contributed by atoms with Gasteiger partial charge >= 0.3 is 0 Å². The summed E-state index contributed by atoms with van der Waals surface area (Å²) in [6, 6.07) is 22.3. The smallest absolute Gasteiger partial charge is 0.261 e. The molecular formula is C27H25N5OS. The van der Waals surface area contributed by atoms with Crippen LogP contribution in [0.3, 0.4) is 0 Å². The minimum atomic E-state index is -0.114. The zero-order valence-electron chi connectivity index (χ0n) is 19.1. The number of anilines is 1. The standard InChI is InChI=1S/C27H25N5OS/c1-19(2)32-25-22(17-29-32)15-23(16-28-25)26(33)31(14-13-20-9-5-3-6-10-20)27-30-24(18-34-27)21-11-7-4-8-12-21/h3-12,15-19H,13-14H2,1-2H3. The summed E-state index contributed by atoms with van der Waals surface area (Å²) in [6.07, 6.45) is 4.14. The molecule has 0 radical (unpaired) electrons. The molecule has 0 unspecified atom stereocenters. The lowest BCUT2D eigenvalue weighted by Gasteiger charge is -2.20. The molecule has 0 atom stereocenters. The molecule has 6 nitrogen and oxygen atoms in total. The molecule has 0 saturated carbocycles. The Morgan fingerprint density at radius 2 is 1.76 bits per heavy atom. The quantitative estimate of drug-likeness (QED) is 0.293. The highest BCUT2D eigenvalue weighted by molar-refractivity contribution is 7.14. The number of amides is 1. The molecule has 1 amide bonds. The summed E-state index contributed by atoms with van der Waals surface area (Å²) >= 11 is 1.48. The summed E-state index contributed by atoms with van der Waals surface area (Å²) in [5, 5.41) is 7.96. The van der Waals surface area contributed by atoms with E-state index in [4.69, 9.17) is 4.98 Å². The van der Waals surface area contributed by atoms with Crippen molar-refractivity contribution in [2.45, 2.75) is 26.3 Å². The van der Waals surface area contributed by atoms with Crippen LogP contribution in [0.5, 0.6) is 0 Å². The minimum absolute atomic E-state index is 0.114. The van der Waals surface area contributed by atoms with Gasteiger partial charge in [-0.25, -0.2) is 14.6 Å². The fourth-order valence-corrected chi connectivity index (χ4v) is 4.75. The van der Waals surface area contributed by atoms with Gasteiger partial charge in [0.15, 0.2) is 10.8 Å². The largest absolute Gasteiger partial charge is 0.284 e. The molecule has 0 aliphatic heterocycles. The Bertz CT molecular complexity index is 1410. The van der Waals surface area contributed by atoms with Crippen molar-refractivity contribution >= 4 is 33.4 Å². The van der Waals surface area contributed by atoms with Crippen LogP contribution in [-0.2, 0) is 6.42 Å². The highest BCUT2D eigenvalue weighted by Crippen LogP contribution is 2.29. The summed E-state index contributed by atoms with van der Waals surface area (Å²) in [6.45, 7) is 4.64. The van der Waals surface area contributed by atoms with Crippen LogP contribution >= 0.6 is 11.3 Å². The van der Waals surface area contributed by atoms with Crippen LogP contribution in [0.15, 0.2) is 84.5 Å². The highest BCUT2D eigenvalue weighted by atomic mass is 32.1. The Morgan fingerprint density at radius 3 is 2.50 bits per heavy atom. The van der Waals surface area contributed by atoms with Gasteiger partial charge < -0.3 is 0 Å². The third kappa shape index (κ3) is 4.47. The average molecular weight is 468 g/mol. The SMILES string of the molecule is CC(C)n1ncc2cc(C(=O)N(CCc3ccccc3)c3nc(-c4ccccc4)cs3)cnc21. The number of hydrogen-bond donors (Lipinski definition) is 0. The summed E-state index contributed by atoms with van der Waals surface area (Å²) in [5.74, 6) is -0.114. The lowest BCUT2D eigenvalue weighted by molar-refractivity contribution is 0.0987. The fourth-order valence-electron chi connectivity index (χ4n) is 3.89. The number of benzene rings is 2. The van der Waals surface area contributed by atoms with Crippen molar-refractivity contribution in [3.05, 3.63) is 95.6 Å². The molecule has 0 N–H and O–H groups in total. The van der Waals surface area contributed by atoms with Gasteiger partial charge in [-0.3, -0.25) is 9.69 Å². The molecule has 0 saturated heterocycles. The lowest BCUT2D eigenvalue weighted by atomic mass is 10.1. The summed E-state index contributed by atoms with van der Waals surface area (Å²) in [4.78, 5) is 24.9. The first-order valence-corrected chi connectivity index (χ1v) is 12.2. The third-order valence-electron chi connectivity index (χ3n) is 5.67. The van der Waals surface area contributed by atoms with Crippen molar-refractivity contribution < 1.29 is 4.79 Å². The summed E-state index contributed by atoms with van der Waals surface area (Å²) in [5.41, 5.74) is 4.38. The number of fused-ring (bicyclic) bond motifs is 1. The van der Waals surface area contributed by atoms with Crippen LogP contribution in [-0.4, -0.2) is 32.2 Å². The van der Waals surface area contributed by atoms with Gasteiger partial charge in [-0.1, -0.05) is 60.7 Å². The predicted molar refractivity (Wildman–Crippen MR) is 137 cm³/mol. The number of carbonyl (C=O) groups excluding carboxylic acids is 1. The molecule has 2 aromatic carbocycles. The van der Waals surface area contributed by atoms with Crippen molar-refractivity contribution in [3.8, 4) is 11.3 Å². The highest BCUT2D eigenvalue weighted by Gasteiger charge is 2.22. The first-order valence-electron chi connectivity index (χ1n) is 11.3. The second-order valence-electron chi connectivity index (χ2n) is 8.39. The summed E-state index contributed by atoms with van der Waals surface area (Å²) < 4.78 is 1.86. The molecule has 3 aromatic heterocycles. The van der Waals surface area contributed by atoms with E-state index < -0.39 is 0 Å². The van der Waals surface area contributed by atoms with Crippen LogP contribution in [0.1, 0.15) is 35.8 Å². The van der Waals surface area contributed by atoms with E-state index in [0.717, 1.165) is 28.7 Å². The van der Waals surface area contributed by atoms with Crippen molar-refractivity contribution in [2.75, 3.05) is 11.4 Å². The zero-order valence-corrected chi connectivity index (χ0v) is 19.9. The van der Waals surface area contributed by atoms with E-state index in [0.29, 0.717) is 17.2 Å². The van der Waals surface area contributed by atoms with Crippen LogP contribution in [0, 0.1) is 0 Å². The number of hydrogen-bond acceptors (Lipinski definition) is 5. The van der Waals surface area contributed by atoms with Gasteiger partial charge in [0, 0.05) is 35.1 Å². The molecule has 0 fully saturated rings. The molecule has 7 heteroatoms. The molecule has 34 heavy (non-hydrogen) atoms. The molecule has 0 bridgehead atoms. The monoisotopic (exact) mass is 467 g/mol. The Hall–Kier alpha value is -3.84. The van der Waals surface area contributed by atoms with Gasteiger partial charge in [-0.15, -0.1) is 11.3 Å². The van der Waals surface area contributed by atoms with Crippen molar-refractivity contribution in [1.82, 2.24) is 19.7 Å². The maximum atomic E-state index is 13.7. The van der Waals surface area contributed by atoms with Crippen molar-refractivity contribution in [1.29, 1.82) is 0 Å². The summed E-state index contributed by atoms with van der Waals surface area (Å²) in [7, 11) is 0. The van der Waals surface area contributed by atoms with Crippen LogP contribution in [0.2, 0.25) is 0 Å². The third-order valence-corrected chi connectivity index (χ3v) is 6.54. The van der Waals surface area contributed by atoms with Gasteiger partial charge in [0.05, 0.1) is 17.5 Å². The van der Waals surface area contributed by atoms with Crippen molar-refractivity contribution in [3.63, 3.8) is 0 Å². The van der Waals surface area contributed by atoms with E-state index in [2.05, 4.69) is 36.1 Å². The van der Waals surface area contributed by atoms with Gasteiger partial charge in [0.2, 0.25) is 0 Å². The van der Waals surface area contributed by atoms with Gasteiger partial charge in [-0.05, 0) is 31.9 Å². The van der Waals surface area contributed by atoms with Gasteiger partial charge in [0.1, 0.15) is 0 Å². The molecule has 0 aliphatic rings. The Balaban J connectivity index is 1.48. The topological polar surface area (TPSA) is 63.9 Å². The van der Waals surface area contributed by atoms with E-state index in [1.54, 1.807) is 17.3 Å². The molecule has 3 heterocycles. The first-order chi connectivity index (χ1) is 16.6. The second-order valence-corrected chi connectivity index (χ2v) is 9.23. The van der Waals surface area contributed by atoms with E-state index in [-0.39, 0.29) is 11.9 Å². The van der Waals surface area contributed by atoms with E-state index >= 15 is 0 Å². The number of pyridine rings is 1. The van der Waals surface area contributed by atoms with E-state index in [1.165, 1.54) is 16.9 Å². The van der Waals surface area contributed by atoms with E-state index in [9.17, 15) is 4.79 Å². The Morgan fingerprint density at radius 1 is 1.03 bits per heavy atom. The Labute approximate surface area is 202 Å². The molecule has 170 valence electrons. The number of nitrogens with zero attached hydrogens (tertiary/aromatic N) is 5. The number of aromatic nitrogens is 4. The van der Waals surface area contributed by atoms with Gasteiger partial charge in [-0.2, -0.15) is 5.10 Å². The fraction of sp³-hybridized carbons (Fsp3) is 0.185. The maximum Gasteiger partial charge on any atom is 0.261 e. The number of carbonyl (C=O) groups is 1. The minimum Gasteiger partial charge on any atom is -0.284 e. The average Bonchev–Trinajstić information content (AvgIpc) is 3.53. The van der Waals surface area contributed by atoms with Crippen LogP contribution in [0.4, 0.5) is 5.13 Å². The molecule has 5 rings (SSSR count). The number of rotatable bonds is 7. The van der Waals surface area contributed by atoms with Gasteiger partial charge in [0.25, 0.3) is 5.91 Å².